The van der Waals surface area contributed by atoms with E-state index in [9.17, 15) is 13.2 Å². The highest BCUT2D eigenvalue weighted by molar-refractivity contribution is 7.17. The quantitative estimate of drug-likeness (QED) is 0.301. The molecule has 0 bridgehead atoms. The summed E-state index contributed by atoms with van der Waals surface area (Å²) >= 11 is 1.32. The highest BCUT2D eigenvalue weighted by atomic mass is 32.1. The largest absolute Gasteiger partial charge is 0.416 e. The molecule has 2 heterocycles. The molecule has 0 spiro atoms. The first-order chi connectivity index (χ1) is 12.0. The van der Waals surface area contributed by atoms with Gasteiger partial charge in [-0.05, 0) is 17.5 Å². The van der Waals surface area contributed by atoms with Gasteiger partial charge in [0.25, 0.3) is 0 Å². The minimum atomic E-state index is -4.34. The van der Waals surface area contributed by atoms with Crippen LogP contribution in [0.1, 0.15) is 5.56 Å². The van der Waals surface area contributed by atoms with Gasteiger partial charge in [-0.3, -0.25) is 0 Å². The van der Waals surface area contributed by atoms with Crippen LogP contribution in [0.5, 0.6) is 0 Å². The highest BCUT2D eigenvalue weighted by Gasteiger charge is 2.31. The first kappa shape index (κ1) is 14.7. The average molecular weight is 353 g/mol. The number of halogens is 3. The van der Waals surface area contributed by atoms with E-state index in [1.54, 1.807) is 0 Å². The summed E-state index contributed by atoms with van der Waals surface area (Å²) in [5, 5.41) is 5.86. The second-order valence-corrected chi connectivity index (χ2v) is 6.91. The molecule has 0 fully saturated rings. The van der Waals surface area contributed by atoms with E-state index < -0.39 is 11.7 Å². The van der Waals surface area contributed by atoms with Crippen molar-refractivity contribution >= 4 is 43.1 Å². The Labute approximate surface area is 144 Å². The molecule has 0 aliphatic carbocycles. The molecule has 0 saturated heterocycles. The van der Waals surface area contributed by atoms with Crippen LogP contribution in [0.25, 0.3) is 43.0 Å². The van der Waals surface area contributed by atoms with E-state index in [0.29, 0.717) is 4.70 Å². The molecule has 1 nitrogen and oxygen atoms in total. The molecule has 2 aliphatic heterocycles. The van der Waals surface area contributed by atoms with Crippen LogP contribution in [0.15, 0.2) is 60.0 Å². The maximum absolute atomic E-state index is 13.0. The summed E-state index contributed by atoms with van der Waals surface area (Å²) in [7, 11) is 0. The second-order valence-electron chi connectivity index (χ2n) is 6.00. The Morgan fingerprint density at radius 2 is 1.64 bits per heavy atom. The Morgan fingerprint density at radius 1 is 0.840 bits per heavy atom. The molecule has 2 aliphatic rings. The average Bonchev–Trinajstić information content (AvgIpc) is 3.00. The van der Waals surface area contributed by atoms with Gasteiger partial charge in [0.2, 0.25) is 0 Å². The first-order valence-electron chi connectivity index (χ1n) is 7.72. The topological polar surface area (TPSA) is 12.9 Å². The first-order valence-corrected chi connectivity index (χ1v) is 8.60. The number of rotatable bonds is 0. The summed E-state index contributed by atoms with van der Waals surface area (Å²) in [4.78, 5) is 4.79. The standard InChI is InChI=1S/C20H10F3NS/c21-20(22,23)12-6-8-15-17(9-12)25-10-16-14-7-5-11-3-1-2-4-13(11)18(14)24-19(15)16/h1-10H. The molecular formula is C20H10F3NS. The van der Waals surface area contributed by atoms with Crippen LogP contribution in [0, 0.1) is 0 Å². The van der Waals surface area contributed by atoms with Crippen molar-refractivity contribution in [2.45, 2.75) is 6.18 Å². The molecule has 25 heavy (non-hydrogen) atoms. The van der Waals surface area contributed by atoms with E-state index in [1.165, 1.54) is 23.5 Å². The van der Waals surface area contributed by atoms with E-state index in [2.05, 4.69) is 6.07 Å². The van der Waals surface area contributed by atoms with E-state index in [0.717, 1.165) is 44.4 Å². The van der Waals surface area contributed by atoms with Gasteiger partial charge < -0.3 is 0 Å². The molecule has 122 valence electrons. The molecule has 5 rings (SSSR count). The molecule has 0 radical (unpaired) electrons. The van der Waals surface area contributed by atoms with Gasteiger partial charge in [-0.2, -0.15) is 13.2 Å². The summed E-state index contributed by atoms with van der Waals surface area (Å²) in [6.07, 6.45) is -4.34. The molecule has 0 unspecified atom stereocenters. The minimum absolute atomic E-state index is 0.592. The van der Waals surface area contributed by atoms with Gasteiger partial charge in [0.1, 0.15) is 0 Å². The third kappa shape index (κ3) is 2.12. The van der Waals surface area contributed by atoms with Gasteiger partial charge in [-0.15, -0.1) is 11.3 Å². The van der Waals surface area contributed by atoms with E-state index in [1.807, 2.05) is 35.7 Å². The summed E-state index contributed by atoms with van der Waals surface area (Å²) in [6.45, 7) is 0. The summed E-state index contributed by atoms with van der Waals surface area (Å²) in [6, 6.07) is 16.0. The van der Waals surface area contributed by atoms with E-state index in [4.69, 9.17) is 4.98 Å². The minimum Gasteiger partial charge on any atom is -0.246 e. The number of hydrogen-bond donors (Lipinski definition) is 0. The predicted molar refractivity (Wildman–Crippen MR) is 96.3 cm³/mol. The lowest BCUT2D eigenvalue weighted by molar-refractivity contribution is -0.137. The van der Waals surface area contributed by atoms with Crippen LogP contribution in [-0.2, 0) is 6.18 Å². The Balaban J connectivity index is 1.89. The Kier molecular flexibility index (Phi) is 2.89. The Morgan fingerprint density at radius 3 is 2.48 bits per heavy atom. The number of aromatic nitrogens is 1. The summed E-state index contributed by atoms with van der Waals surface area (Å²) in [5.41, 5.74) is 2.01. The Bertz CT molecular complexity index is 1240. The molecular weight excluding hydrogens is 343 g/mol. The number of benzene rings is 3. The van der Waals surface area contributed by atoms with Gasteiger partial charge in [-0.1, -0.05) is 42.5 Å². The Hall–Kier alpha value is -2.66. The van der Waals surface area contributed by atoms with Crippen molar-refractivity contribution in [3.05, 3.63) is 65.5 Å². The van der Waals surface area contributed by atoms with Gasteiger partial charge in [0, 0.05) is 31.8 Å². The molecule has 5 heteroatoms. The van der Waals surface area contributed by atoms with Crippen molar-refractivity contribution in [3.63, 3.8) is 0 Å². The van der Waals surface area contributed by atoms with Gasteiger partial charge in [0.05, 0.1) is 16.8 Å². The third-order valence-electron chi connectivity index (χ3n) is 4.54. The molecule has 3 aromatic carbocycles. The van der Waals surface area contributed by atoms with Gasteiger partial charge in [0.15, 0.2) is 0 Å². The number of hydrogen-bond acceptors (Lipinski definition) is 2. The van der Waals surface area contributed by atoms with Crippen molar-refractivity contribution in [2.75, 3.05) is 0 Å². The molecule has 0 atom stereocenters. The van der Waals surface area contributed by atoms with Crippen molar-refractivity contribution < 1.29 is 13.2 Å². The fourth-order valence-electron chi connectivity index (χ4n) is 3.33. The lowest BCUT2D eigenvalue weighted by atomic mass is 10.0. The monoisotopic (exact) mass is 353 g/mol. The molecule has 0 amide bonds. The van der Waals surface area contributed by atoms with Crippen molar-refractivity contribution in [3.8, 4) is 11.3 Å². The molecule has 0 N–H and O–H groups in total. The SMILES string of the molecule is FC(F)(F)c1ccc2c3nc4c(ccc5ccccc54)c-3csc2c1. The smallest absolute Gasteiger partial charge is 0.246 e. The number of nitrogens with zero attached hydrogens (tertiary/aromatic N) is 1. The van der Waals surface area contributed by atoms with Crippen LogP contribution in [-0.4, -0.2) is 4.98 Å². The maximum Gasteiger partial charge on any atom is 0.416 e. The van der Waals surface area contributed by atoms with Crippen LogP contribution >= 0.6 is 11.3 Å². The lowest BCUT2D eigenvalue weighted by Crippen LogP contribution is -2.04. The summed E-state index contributed by atoms with van der Waals surface area (Å²) in [5.74, 6) is 0. The predicted octanol–water partition coefficient (Wildman–Crippen LogP) is 6.73. The van der Waals surface area contributed by atoms with Gasteiger partial charge >= 0.3 is 6.18 Å². The zero-order chi connectivity index (χ0) is 17.2. The maximum atomic E-state index is 13.0. The molecule has 0 aromatic heterocycles. The van der Waals surface area contributed by atoms with Gasteiger partial charge in [-0.25, -0.2) is 4.98 Å². The van der Waals surface area contributed by atoms with Crippen molar-refractivity contribution in [1.82, 2.24) is 4.98 Å². The molecule has 0 saturated carbocycles. The van der Waals surface area contributed by atoms with E-state index >= 15 is 0 Å². The fraction of sp³-hybridized carbons (Fsp3) is 0.0500. The van der Waals surface area contributed by atoms with E-state index in [-0.39, 0.29) is 0 Å². The second kappa shape index (κ2) is 4.92. The van der Waals surface area contributed by atoms with Crippen LogP contribution in [0.4, 0.5) is 13.2 Å². The zero-order valence-electron chi connectivity index (χ0n) is 12.8. The lowest BCUT2D eigenvalue weighted by Gasteiger charge is -2.09. The number of fused-ring (bicyclic) bond motifs is 7. The van der Waals surface area contributed by atoms with Crippen molar-refractivity contribution in [1.29, 1.82) is 0 Å². The van der Waals surface area contributed by atoms with Crippen LogP contribution in [0.2, 0.25) is 0 Å². The normalized spacial score (nSPS) is 12.6. The zero-order valence-corrected chi connectivity index (χ0v) is 13.6. The molecule has 3 aromatic rings. The van der Waals surface area contributed by atoms with Crippen molar-refractivity contribution in [2.24, 2.45) is 0 Å². The highest BCUT2D eigenvalue weighted by Crippen LogP contribution is 2.42. The summed E-state index contributed by atoms with van der Waals surface area (Å²) < 4.78 is 39.5. The number of alkyl halides is 3. The fourth-order valence-corrected chi connectivity index (χ4v) is 4.30. The van der Waals surface area contributed by atoms with Crippen LogP contribution in [0.3, 0.4) is 0 Å². The van der Waals surface area contributed by atoms with Crippen LogP contribution < -0.4 is 0 Å². The third-order valence-corrected chi connectivity index (χ3v) is 5.48.